The molecule has 0 spiro atoms. The van der Waals surface area contributed by atoms with Crippen molar-refractivity contribution in [1.82, 2.24) is 0 Å². The van der Waals surface area contributed by atoms with Gasteiger partial charge in [0.1, 0.15) is 6.10 Å². The van der Waals surface area contributed by atoms with E-state index in [1.165, 1.54) is 6.42 Å². The third-order valence-corrected chi connectivity index (χ3v) is 6.29. The molecule has 2 aliphatic rings. The average Bonchev–Trinajstić information content (AvgIpc) is 3.17. The van der Waals surface area contributed by atoms with Gasteiger partial charge in [0.2, 0.25) is 0 Å². The molecule has 1 aromatic carbocycles. The van der Waals surface area contributed by atoms with E-state index < -0.39 is 17.5 Å². The minimum atomic E-state index is -1.33. The van der Waals surface area contributed by atoms with Gasteiger partial charge in [-0.2, -0.15) is 0 Å². The first kappa shape index (κ1) is 23.2. The summed E-state index contributed by atoms with van der Waals surface area (Å²) < 4.78 is 22.8. The van der Waals surface area contributed by atoms with Crippen LogP contribution < -0.4 is 9.47 Å². The van der Waals surface area contributed by atoms with Gasteiger partial charge in [-0.3, -0.25) is 9.59 Å². The van der Waals surface area contributed by atoms with Gasteiger partial charge >= 0.3 is 5.97 Å². The summed E-state index contributed by atoms with van der Waals surface area (Å²) in [6.07, 6.45) is 7.89. The van der Waals surface area contributed by atoms with Crippen LogP contribution in [-0.4, -0.2) is 32.6 Å². The van der Waals surface area contributed by atoms with Crippen molar-refractivity contribution in [1.29, 1.82) is 0 Å². The number of benzene rings is 1. The number of fused-ring (bicyclic) bond motifs is 1. The quantitative estimate of drug-likeness (QED) is 0.282. The van der Waals surface area contributed by atoms with E-state index >= 15 is 0 Å². The number of rotatable bonds is 10. The van der Waals surface area contributed by atoms with Crippen LogP contribution in [0.15, 0.2) is 17.9 Å². The first-order valence-electron chi connectivity index (χ1n) is 11.3. The predicted molar refractivity (Wildman–Crippen MR) is 118 cm³/mol. The van der Waals surface area contributed by atoms with Crippen molar-refractivity contribution >= 4 is 17.8 Å². The number of unbranched alkanes of at least 4 members (excludes halogenated alkanes) is 3. The van der Waals surface area contributed by atoms with Gasteiger partial charge in [0.25, 0.3) is 0 Å². The predicted octanol–water partition coefficient (Wildman–Crippen LogP) is 5.39. The first-order valence-corrected chi connectivity index (χ1v) is 11.3. The molecule has 0 N–H and O–H groups in total. The molecular formula is C25H34O6. The molecule has 170 valence electrons. The van der Waals surface area contributed by atoms with Crippen LogP contribution in [0.2, 0.25) is 0 Å². The Morgan fingerprint density at radius 3 is 2.48 bits per heavy atom. The van der Waals surface area contributed by atoms with E-state index in [-0.39, 0.29) is 12.4 Å². The molecule has 3 rings (SSSR count). The molecular weight excluding hydrogens is 396 g/mol. The first-order chi connectivity index (χ1) is 15.0. The number of esters is 1. The normalized spacial score (nSPS) is 22.4. The lowest BCUT2D eigenvalue weighted by Gasteiger charge is -2.38. The van der Waals surface area contributed by atoms with Crippen molar-refractivity contribution in [2.45, 2.75) is 71.3 Å². The second-order valence-corrected chi connectivity index (χ2v) is 8.22. The maximum atomic E-state index is 13.2. The van der Waals surface area contributed by atoms with E-state index in [4.69, 9.17) is 18.9 Å². The van der Waals surface area contributed by atoms with Crippen molar-refractivity contribution in [3.8, 4) is 11.5 Å². The molecule has 0 saturated heterocycles. The zero-order valence-corrected chi connectivity index (χ0v) is 19.1. The number of ether oxygens (including phenoxy) is 4. The standard InChI is InChI=1S/C25H34O6/c1-5-7-8-9-11-18-14-17-15-20(28-3)21(29-4)16-19(17)23(31-18)25(24(27)30-6-2)13-10-12-22(25)26/h14-16,23H,5-13H2,1-4H3. The molecule has 6 nitrogen and oxygen atoms in total. The third kappa shape index (κ3) is 4.43. The number of allylic oxidation sites excluding steroid dienone is 1. The molecule has 1 heterocycles. The lowest BCUT2D eigenvalue weighted by molar-refractivity contribution is -0.168. The minimum absolute atomic E-state index is 0.107. The summed E-state index contributed by atoms with van der Waals surface area (Å²) in [6, 6.07) is 3.73. The second kappa shape index (κ2) is 10.2. The number of Topliss-reactive ketones (excluding diaryl/α,β-unsaturated/α-hetero) is 1. The van der Waals surface area contributed by atoms with Crippen molar-refractivity contribution < 1.29 is 28.5 Å². The zero-order chi connectivity index (χ0) is 22.4. The number of carbonyl (C=O) groups excluding carboxylic acids is 2. The highest BCUT2D eigenvalue weighted by atomic mass is 16.5. The fourth-order valence-electron chi connectivity index (χ4n) is 4.66. The van der Waals surface area contributed by atoms with E-state index in [1.54, 1.807) is 21.1 Å². The van der Waals surface area contributed by atoms with Crippen molar-refractivity contribution in [3.63, 3.8) is 0 Å². The molecule has 31 heavy (non-hydrogen) atoms. The van der Waals surface area contributed by atoms with Crippen molar-refractivity contribution in [3.05, 3.63) is 29.0 Å². The summed E-state index contributed by atoms with van der Waals surface area (Å²) in [4.78, 5) is 26.3. The topological polar surface area (TPSA) is 71.1 Å². The Hall–Kier alpha value is -2.50. The van der Waals surface area contributed by atoms with Crippen molar-refractivity contribution in [2.75, 3.05) is 20.8 Å². The van der Waals surface area contributed by atoms with E-state index in [1.807, 2.05) is 18.2 Å². The number of hydrogen-bond acceptors (Lipinski definition) is 6. The summed E-state index contributed by atoms with van der Waals surface area (Å²) in [5.74, 6) is 1.34. The number of ketones is 1. The fourth-order valence-corrected chi connectivity index (χ4v) is 4.66. The van der Waals surface area contributed by atoms with Crippen LogP contribution in [0.3, 0.4) is 0 Å². The SMILES string of the molecule is CCCCCCC1=Cc2cc(OC)c(OC)cc2C(C2(C(=O)OCC)CCCC2=O)O1. The van der Waals surface area contributed by atoms with E-state index in [9.17, 15) is 9.59 Å². The maximum absolute atomic E-state index is 13.2. The average molecular weight is 431 g/mol. The second-order valence-electron chi connectivity index (χ2n) is 8.22. The van der Waals surface area contributed by atoms with E-state index in [2.05, 4.69) is 6.92 Å². The van der Waals surface area contributed by atoms with Gasteiger partial charge in [0.05, 0.1) is 26.6 Å². The fraction of sp³-hybridized carbons (Fsp3) is 0.600. The number of carbonyl (C=O) groups is 2. The lowest BCUT2D eigenvalue weighted by atomic mass is 9.74. The highest BCUT2D eigenvalue weighted by Gasteiger charge is 2.58. The van der Waals surface area contributed by atoms with Gasteiger partial charge in [-0.05, 0) is 50.0 Å². The summed E-state index contributed by atoms with van der Waals surface area (Å²) in [5, 5.41) is 0. The Balaban J connectivity index is 2.08. The Morgan fingerprint density at radius 2 is 1.87 bits per heavy atom. The molecule has 1 saturated carbocycles. The highest BCUT2D eigenvalue weighted by Crippen LogP contribution is 2.53. The van der Waals surface area contributed by atoms with Crippen LogP contribution in [0.1, 0.15) is 82.4 Å². The van der Waals surface area contributed by atoms with Crippen LogP contribution in [0, 0.1) is 5.41 Å². The maximum Gasteiger partial charge on any atom is 0.323 e. The smallest absolute Gasteiger partial charge is 0.323 e. The summed E-state index contributed by atoms with van der Waals surface area (Å²) in [5.41, 5.74) is 0.328. The Labute approximate surface area is 184 Å². The molecule has 6 heteroatoms. The Bertz CT molecular complexity index is 843. The van der Waals surface area contributed by atoms with Gasteiger partial charge in [-0.25, -0.2) is 0 Å². The number of methoxy groups -OCH3 is 2. The molecule has 2 unspecified atom stereocenters. The van der Waals surface area contributed by atoms with Crippen LogP contribution in [-0.2, 0) is 19.1 Å². The van der Waals surface area contributed by atoms with Gasteiger partial charge in [-0.15, -0.1) is 0 Å². The van der Waals surface area contributed by atoms with Crippen LogP contribution >= 0.6 is 0 Å². The van der Waals surface area contributed by atoms with Crippen LogP contribution in [0.25, 0.3) is 6.08 Å². The summed E-state index contributed by atoms with van der Waals surface area (Å²) in [6.45, 7) is 4.16. The van der Waals surface area contributed by atoms with Crippen LogP contribution in [0.5, 0.6) is 11.5 Å². The van der Waals surface area contributed by atoms with Gasteiger partial charge in [0.15, 0.2) is 22.7 Å². The molecule has 1 aliphatic heterocycles. The molecule has 1 aliphatic carbocycles. The summed E-state index contributed by atoms with van der Waals surface area (Å²) >= 11 is 0. The molecule has 0 radical (unpaired) electrons. The van der Waals surface area contributed by atoms with Gasteiger partial charge in [0, 0.05) is 18.4 Å². The van der Waals surface area contributed by atoms with Crippen molar-refractivity contribution in [2.24, 2.45) is 5.41 Å². The molecule has 1 fully saturated rings. The molecule has 0 amide bonds. The Morgan fingerprint density at radius 1 is 1.13 bits per heavy atom. The molecule has 0 aromatic heterocycles. The van der Waals surface area contributed by atoms with E-state index in [0.717, 1.165) is 42.6 Å². The molecule has 0 bridgehead atoms. The number of hydrogen-bond donors (Lipinski definition) is 0. The summed E-state index contributed by atoms with van der Waals surface area (Å²) in [7, 11) is 3.16. The Kier molecular flexibility index (Phi) is 7.63. The zero-order valence-electron chi connectivity index (χ0n) is 19.1. The largest absolute Gasteiger partial charge is 0.493 e. The molecule has 1 aromatic rings. The third-order valence-electron chi connectivity index (χ3n) is 6.29. The highest BCUT2D eigenvalue weighted by molar-refractivity contribution is 6.06. The minimum Gasteiger partial charge on any atom is -0.493 e. The van der Waals surface area contributed by atoms with Gasteiger partial charge in [-0.1, -0.05) is 26.2 Å². The lowest BCUT2D eigenvalue weighted by Crippen LogP contribution is -2.44. The molecule has 2 atom stereocenters. The van der Waals surface area contributed by atoms with Gasteiger partial charge < -0.3 is 18.9 Å². The monoisotopic (exact) mass is 430 g/mol. The van der Waals surface area contributed by atoms with E-state index in [0.29, 0.717) is 30.8 Å². The van der Waals surface area contributed by atoms with Crippen LogP contribution in [0.4, 0.5) is 0 Å².